The minimum atomic E-state index is -0.298. The molecule has 1 aliphatic heterocycles. The van der Waals surface area contributed by atoms with Crippen LogP contribution in [0, 0.1) is 0 Å². The third kappa shape index (κ3) is 2.63. The fourth-order valence-corrected chi connectivity index (χ4v) is 1.87. The molecule has 2 aromatic carbocycles. The first-order valence-corrected chi connectivity index (χ1v) is 6.12. The van der Waals surface area contributed by atoms with Crippen LogP contribution in [0.5, 0.6) is 23.0 Å². The zero-order valence-corrected chi connectivity index (χ0v) is 10.3. The van der Waals surface area contributed by atoms with Gasteiger partial charge >= 0.3 is 0 Å². The SMILES string of the molecule is OCC1COc2cc(Oc3ccccc3)ccc2O1. The number of ether oxygens (including phenoxy) is 3. The Morgan fingerprint density at radius 2 is 1.89 bits per heavy atom. The first-order chi connectivity index (χ1) is 9.35. The van der Waals surface area contributed by atoms with Crippen LogP contribution >= 0.6 is 0 Å². The van der Waals surface area contributed by atoms with Crippen molar-refractivity contribution in [3.63, 3.8) is 0 Å². The fourth-order valence-electron chi connectivity index (χ4n) is 1.87. The largest absolute Gasteiger partial charge is 0.486 e. The number of hydrogen-bond donors (Lipinski definition) is 1. The zero-order valence-electron chi connectivity index (χ0n) is 10.3. The molecule has 3 rings (SSSR count). The van der Waals surface area contributed by atoms with Gasteiger partial charge in [-0.2, -0.15) is 0 Å². The van der Waals surface area contributed by atoms with E-state index in [9.17, 15) is 0 Å². The summed E-state index contributed by atoms with van der Waals surface area (Å²) in [5, 5.41) is 9.04. The molecule has 1 aliphatic rings. The number of aliphatic hydroxyl groups excluding tert-OH is 1. The first kappa shape index (κ1) is 11.9. The number of hydrogen-bond acceptors (Lipinski definition) is 4. The van der Waals surface area contributed by atoms with Gasteiger partial charge in [-0.1, -0.05) is 18.2 Å². The predicted octanol–water partition coefficient (Wildman–Crippen LogP) is 2.61. The fraction of sp³-hybridized carbons (Fsp3) is 0.200. The van der Waals surface area contributed by atoms with Crippen LogP contribution in [0.2, 0.25) is 0 Å². The van der Waals surface area contributed by atoms with Crippen LogP contribution in [-0.2, 0) is 0 Å². The van der Waals surface area contributed by atoms with Crippen LogP contribution in [-0.4, -0.2) is 24.4 Å². The van der Waals surface area contributed by atoms with Crippen LogP contribution in [0.4, 0.5) is 0 Å². The molecule has 4 nitrogen and oxygen atoms in total. The summed E-state index contributed by atoms with van der Waals surface area (Å²) in [4.78, 5) is 0. The molecule has 0 aliphatic carbocycles. The average molecular weight is 258 g/mol. The van der Waals surface area contributed by atoms with E-state index in [2.05, 4.69) is 0 Å². The van der Waals surface area contributed by atoms with Gasteiger partial charge in [-0.3, -0.25) is 0 Å². The van der Waals surface area contributed by atoms with Crippen molar-refractivity contribution >= 4 is 0 Å². The Hall–Kier alpha value is -2.20. The van der Waals surface area contributed by atoms with Gasteiger partial charge in [0.25, 0.3) is 0 Å². The highest BCUT2D eigenvalue weighted by atomic mass is 16.6. The quantitative estimate of drug-likeness (QED) is 0.919. The molecule has 4 heteroatoms. The maximum absolute atomic E-state index is 9.04. The summed E-state index contributed by atoms with van der Waals surface area (Å²) in [5.41, 5.74) is 0. The topological polar surface area (TPSA) is 47.9 Å². The Balaban J connectivity index is 1.79. The molecule has 1 unspecified atom stereocenters. The van der Waals surface area contributed by atoms with Crippen molar-refractivity contribution in [1.82, 2.24) is 0 Å². The second-order valence-corrected chi connectivity index (χ2v) is 4.26. The Bertz CT molecular complexity index is 553. The van der Waals surface area contributed by atoms with Crippen molar-refractivity contribution in [3.8, 4) is 23.0 Å². The van der Waals surface area contributed by atoms with Crippen LogP contribution in [0.25, 0.3) is 0 Å². The molecule has 0 radical (unpaired) electrons. The van der Waals surface area contributed by atoms with Crippen molar-refractivity contribution in [3.05, 3.63) is 48.5 Å². The number of fused-ring (bicyclic) bond motifs is 1. The molecule has 0 fully saturated rings. The van der Waals surface area contributed by atoms with E-state index >= 15 is 0 Å². The molecule has 0 bridgehead atoms. The van der Waals surface area contributed by atoms with Gasteiger partial charge in [-0.25, -0.2) is 0 Å². The number of rotatable bonds is 3. The summed E-state index contributed by atoms with van der Waals surface area (Å²) in [7, 11) is 0. The van der Waals surface area contributed by atoms with E-state index in [0.717, 1.165) is 5.75 Å². The van der Waals surface area contributed by atoms with Gasteiger partial charge < -0.3 is 19.3 Å². The third-order valence-corrected chi connectivity index (χ3v) is 2.82. The van der Waals surface area contributed by atoms with Crippen molar-refractivity contribution in [2.45, 2.75) is 6.10 Å². The van der Waals surface area contributed by atoms with Gasteiger partial charge in [0, 0.05) is 6.07 Å². The summed E-state index contributed by atoms with van der Waals surface area (Å²) in [6.07, 6.45) is -0.298. The van der Waals surface area contributed by atoms with E-state index < -0.39 is 0 Å². The highest BCUT2D eigenvalue weighted by Gasteiger charge is 2.20. The van der Waals surface area contributed by atoms with Crippen LogP contribution in [0.3, 0.4) is 0 Å². The van der Waals surface area contributed by atoms with Crippen molar-refractivity contribution < 1.29 is 19.3 Å². The molecule has 1 N–H and O–H groups in total. The van der Waals surface area contributed by atoms with E-state index in [1.165, 1.54) is 0 Å². The van der Waals surface area contributed by atoms with E-state index in [4.69, 9.17) is 19.3 Å². The maximum Gasteiger partial charge on any atom is 0.165 e. The summed E-state index contributed by atoms with van der Waals surface area (Å²) in [6, 6.07) is 14.9. The van der Waals surface area contributed by atoms with Gasteiger partial charge in [-0.05, 0) is 24.3 Å². The molecular weight excluding hydrogens is 244 g/mol. The molecule has 0 saturated heterocycles. The van der Waals surface area contributed by atoms with E-state index in [1.54, 1.807) is 12.1 Å². The zero-order chi connectivity index (χ0) is 13.1. The number of benzene rings is 2. The molecule has 2 aromatic rings. The summed E-state index contributed by atoms with van der Waals surface area (Å²) in [6.45, 7) is 0.292. The molecule has 1 atom stereocenters. The molecule has 19 heavy (non-hydrogen) atoms. The summed E-state index contributed by atoms with van der Waals surface area (Å²) in [5.74, 6) is 2.73. The Morgan fingerprint density at radius 3 is 2.68 bits per heavy atom. The first-order valence-electron chi connectivity index (χ1n) is 6.12. The summed E-state index contributed by atoms with van der Waals surface area (Å²) >= 11 is 0. The number of para-hydroxylation sites is 1. The second kappa shape index (κ2) is 5.20. The Morgan fingerprint density at radius 1 is 1.05 bits per heavy atom. The normalized spacial score (nSPS) is 17.0. The van der Waals surface area contributed by atoms with Gasteiger partial charge in [0.15, 0.2) is 17.6 Å². The second-order valence-electron chi connectivity index (χ2n) is 4.26. The highest BCUT2D eigenvalue weighted by molar-refractivity contribution is 5.47. The molecule has 0 amide bonds. The lowest BCUT2D eigenvalue weighted by Gasteiger charge is -2.25. The van der Waals surface area contributed by atoms with E-state index in [1.807, 2.05) is 36.4 Å². The minimum Gasteiger partial charge on any atom is -0.486 e. The van der Waals surface area contributed by atoms with Gasteiger partial charge in [-0.15, -0.1) is 0 Å². The van der Waals surface area contributed by atoms with Gasteiger partial charge in [0.05, 0.1) is 6.61 Å². The third-order valence-electron chi connectivity index (χ3n) is 2.82. The highest BCUT2D eigenvalue weighted by Crippen LogP contribution is 2.36. The smallest absolute Gasteiger partial charge is 0.165 e. The molecular formula is C15H14O4. The molecule has 0 aromatic heterocycles. The number of aliphatic hydroxyl groups is 1. The Labute approximate surface area is 111 Å². The van der Waals surface area contributed by atoms with E-state index in [-0.39, 0.29) is 12.7 Å². The van der Waals surface area contributed by atoms with Crippen molar-refractivity contribution in [2.75, 3.05) is 13.2 Å². The van der Waals surface area contributed by atoms with Crippen molar-refractivity contribution in [1.29, 1.82) is 0 Å². The molecule has 0 spiro atoms. The Kier molecular flexibility index (Phi) is 3.25. The average Bonchev–Trinajstić information content (AvgIpc) is 2.48. The van der Waals surface area contributed by atoms with Crippen LogP contribution in [0.15, 0.2) is 48.5 Å². The standard InChI is InChI=1S/C15H14O4/c16-9-13-10-17-15-8-12(6-7-14(15)19-13)18-11-4-2-1-3-5-11/h1-8,13,16H,9-10H2. The lowest BCUT2D eigenvalue weighted by Crippen LogP contribution is -2.32. The predicted molar refractivity (Wildman–Crippen MR) is 70.0 cm³/mol. The summed E-state index contributed by atoms with van der Waals surface area (Å²) < 4.78 is 16.8. The van der Waals surface area contributed by atoms with Gasteiger partial charge in [0.1, 0.15) is 18.1 Å². The molecule has 1 heterocycles. The minimum absolute atomic E-state index is 0.0539. The molecule has 0 saturated carbocycles. The lowest BCUT2D eigenvalue weighted by molar-refractivity contribution is 0.0455. The monoisotopic (exact) mass is 258 g/mol. The van der Waals surface area contributed by atoms with Crippen LogP contribution in [0.1, 0.15) is 0 Å². The van der Waals surface area contributed by atoms with Crippen LogP contribution < -0.4 is 14.2 Å². The lowest BCUT2D eigenvalue weighted by atomic mass is 10.2. The van der Waals surface area contributed by atoms with E-state index in [0.29, 0.717) is 23.9 Å². The van der Waals surface area contributed by atoms with Crippen molar-refractivity contribution in [2.24, 2.45) is 0 Å². The molecule has 98 valence electrons. The maximum atomic E-state index is 9.04. The van der Waals surface area contributed by atoms with Gasteiger partial charge in [0.2, 0.25) is 0 Å².